The zero-order valence-corrected chi connectivity index (χ0v) is 5.30. The van der Waals surface area contributed by atoms with Crippen LogP contribution in [0.1, 0.15) is 13.3 Å². The lowest BCUT2D eigenvalue weighted by Crippen LogP contribution is -2.15. The van der Waals surface area contributed by atoms with E-state index >= 15 is 0 Å². The number of nitrogens with two attached hydrogens (primary N) is 2. The van der Waals surface area contributed by atoms with Gasteiger partial charge in [0.1, 0.15) is 0 Å². The van der Waals surface area contributed by atoms with Gasteiger partial charge in [-0.1, -0.05) is 19.1 Å². The highest BCUT2D eigenvalue weighted by molar-refractivity contribution is 4.90. The molecule has 0 spiro atoms. The molecule has 0 heterocycles. The Bertz CT molecular complexity index is 68.9. The van der Waals surface area contributed by atoms with Crippen LogP contribution in [-0.2, 0) is 0 Å². The molecular weight excluding hydrogens is 100 g/mol. The molecule has 0 saturated heterocycles. The summed E-state index contributed by atoms with van der Waals surface area (Å²) in [6.07, 6.45) is 4.80. The van der Waals surface area contributed by atoms with E-state index in [4.69, 9.17) is 11.5 Å². The summed E-state index contributed by atoms with van der Waals surface area (Å²) >= 11 is 0. The van der Waals surface area contributed by atoms with Gasteiger partial charge in [0.25, 0.3) is 0 Å². The van der Waals surface area contributed by atoms with Crippen molar-refractivity contribution in [3.8, 4) is 0 Å². The van der Waals surface area contributed by atoms with E-state index in [-0.39, 0.29) is 6.04 Å². The lowest BCUT2D eigenvalue weighted by molar-refractivity contribution is 0.780. The molecule has 8 heavy (non-hydrogen) atoms. The average molecular weight is 114 g/mol. The standard InChI is InChI=1S/C6H14N2/c1-2-6(8)4-3-5-7/h3-4,6H,2,5,7-8H2,1H3/b4-3-. The van der Waals surface area contributed by atoms with E-state index in [2.05, 4.69) is 0 Å². The van der Waals surface area contributed by atoms with Crippen LogP contribution in [-0.4, -0.2) is 12.6 Å². The molecule has 1 atom stereocenters. The maximum Gasteiger partial charge on any atom is 0.0221 e. The summed E-state index contributed by atoms with van der Waals surface area (Å²) in [6, 6.07) is 0.193. The second-order valence-corrected chi connectivity index (χ2v) is 1.74. The van der Waals surface area contributed by atoms with Crippen molar-refractivity contribution in [3.05, 3.63) is 12.2 Å². The first-order chi connectivity index (χ1) is 3.81. The summed E-state index contributed by atoms with van der Waals surface area (Å²) in [4.78, 5) is 0. The summed E-state index contributed by atoms with van der Waals surface area (Å²) in [7, 11) is 0. The molecule has 1 unspecified atom stereocenters. The van der Waals surface area contributed by atoms with Gasteiger partial charge in [-0.25, -0.2) is 0 Å². The van der Waals surface area contributed by atoms with Gasteiger partial charge < -0.3 is 11.5 Å². The second-order valence-electron chi connectivity index (χ2n) is 1.74. The molecule has 0 aliphatic heterocycles. The summed E-state index contributed by atoms with van der Waals surface area (Å²) in [5.74, 6) is 0. The Labute approximate surface area is 50.6 Å². The lowest BCUT2D eigenvalue weighted by atomic mass is 10.2. The first-order valence-corrected chi connectivity index (χ1v) is 2.93. The van der Waals surface area contributed by atoms with Crippen molar-refractivity contribution in [2.24, 2.45) is 11.5 Å². The second kappa shape index (κ2) is 4.81. The van der Waals surface area contributed by atoms with Crippen LogP contribution in [0.25, 0.3) is 0 Å². The highest BCUT2D eigenvalue weighted by Crippen LogP contribution is 1.85. The minimum Gasteiger partial charge on any atom is -0.327 e. The molecule has 0 aromatic carbocycles. The van der Waals surface area contributed by atoms with Gasteiger partial charge in [0, 0.05) is 12.6 Å². The average Bonchev–Trinajstić information content (AvgIpc) is 1.83. The zero-order valence-electron chi connectivity index (χ0n) is 5.30. The molecule has 0 bridgehead atoms. The largest absolute Gasteiger partial charge is 0.327 e. The van der Waals surface area contributed by atoms with Gasteiger partial charge in [-0.3, -0.25) is 0 Å². The fraction of sp³-hybridized carbons (Fsp3) is 0.667. The molecule has 0 fully saturated rings. The van der Waals surface area contributed by atoms with Gasteiger partial charge in [0.15, 0.2) is 0 Å². The Morgan fingerprint density at radius 3 is 2.62 bits per heavy atom. The molecule has 48 valence electrons. The van der Waals surface area contributed by atoms with Gasteiger partial charge >= 0.3 is 0 Å². The van der Waals surface area contributed by atoms with Crippen molar-refractivity contribution in [2.45, 2.75) is 19.4 Å². The lowest BCUT2D eigenvalue weighted by Gasteiger charge is -1.97. The molecule has 2 heteroatoms. The predicted molar refractivity (Wildman–Crippen MR) is 36.5 cm³/mol. The maximum absolute atomic E-state index is 5.52. The summed E-state index contributed by atoms with van der Waals surface area (Å²) in [5, 5.41) is 0. The molecule has 0 radical (unpaired) electrons. The van der Waals surface area contributed by atoms with Crippen LogP contribution >= 0.6 is 0 Å². The third kappa shape index (κ3) is 3.84. The van der Waals surface area contributed by atoms with Crippen molar-refractivity contribution < 1.29 is 0 Å². The fourth-order valence-corrected chi connectivity index (χ4v) is 0.389. The Morgan fingerprint density at radius 2 is 2.25 bits per heavy atom. The number of hydrogen-bond acceptors (Lipinski definition) is 2. The molecule has 4 N–H and O–H groups in total. The van der Waals surface area contributed by atoms with Gasteiger partial charge in [0.05, 0.1) is 0 Å². The maximum atomic E-state index is 5.52. The van der Waals surface area contributed by atoms with Crippen molar-refractivity contribution in [2.75, 3.05) is 6.54 Å². The molecule has 0 saturated carbocycles. The Morgan fingerprint density at radius 1 is 1.62 bits per heavy atom. The van der Waals surface area contributed by atoms with Crippen molar-refractivity contribution in [1.29, 1.82) is 0 Å². The number of rotatable bonds is 3. The van der Waals surface area contributed by atoms with Crippen LogP contribution in [0.15, 0.2) is 12.2 Å². The van der Waals surface area contributed by atoms with Crippen LogP contribution < -0.4 is 11.5 Å². The topological polar surface area (TPSA) is 52.0 Å². The Balaban J connectivity index is 3.21. The minimum atomic E-state index is 0.193. The van der Waals surface area contributed by atoms with Crippen molar-refractivity contribution >= 4 is 0 Å². The van der Waals surface area contributed by atoms with E-state index in [1.165, 1.54) is 0 Å². The predicted octanol–water partition coefficient (Wildman–Crippen LogP) is 0.239. The van der Waals surface area contributed by atoms with E-state index in [9.17, 15) is 0 Å². The molecule has 0 aromatic rings. The van der Waals surface area contributed by atoms with Gasteiger partial charge in [0.2, 0.25) is 0 Å². The summed E-state index contributed by atoms with van der Waals surface area (Å²) in [6.45, 7) is 2.64. The smallest absolute Gasteiger partial charge is 0.0221 e. The van der Waals surface area contributed by atoms with Crippen LogP contribution in [0.2, 0.25) is 0 Å². The van der Waals surface area contributed by atoms with Crippen molar-refractivity contribution in [1.82, 2.24) is 0 Å². The molecule has 0 aromatic heterocycles. The highest BCUT2D eigenvalue weighted by atomic mass is 14.6. The SMILES string of the molecule is CCC(N)/C=C\CN. The summed E-state index contributed by atoms with van der Waals surface area (Å²) in [5.41, 5.74) is 10.7. The third-order valence-electron chi connectivity index (χ3n) is 0.991. The fourth-order valence-electron chi connectivity index (χ4n) is 0.389. The van der Waals surface area contributed by atoms with Crippen molar-refractivity contribution in [3.63, 3.8) is 0 Å². The zero-order chi connectivity index (χ0) is 6.41. The van der Waals surface area contributed by atoms with E-state index in [1.807, 2.05) is 19.1 Å². The van der Waals surface area contributed by atoms with Gasteiger partial charge in [-0.05, 0) is 6.42 Å². The van der Waals surface area contributed by atoms with Crippen LogP contribution in [0, 0.1) is 0 Å². The number of hydrogen-bond donors (Lipinski definition) is 2. The Kier molecular flexibility index (Phi) is 4.61. The van der Waals surface area contributed by atoms with Crippen LogP contribution in [0.3, 0.4) is 0 Å². The normalized spacial score (nSPS) is 14.9. The van der Waals surface area contributed by atoms with Crippen LogP contribution in [0.5, 0.6) is 0 Å². The molecule has 0 rings (SSSR count). The first-order valence-electron chi connectivity index (χ1n) is 2.93. The summed E-state index contributed by atoms with van der Waals surface area (Å²) < 4.78 is 0. The van der Waals surface area contributed by atoms with Gasteiger partial charge in [-0.2, -0.15) is 0 Å². The highest BCUT2D eigenvalue weighted by Gasteiger charge is 1.86. The minimum absolute atomic E-state index is 0.193. The molecule has 2 nitrogen and oxygen atoms in total. The first kappa shape index (κ1) is 7.66. The van der Waals surface area contributed by atoms with Crippen LogP contribution in [0.4, 0.5) is 0 Å². The molecular formula is C6H14N2. The van der Waals surface area contributed by atoms with E-state index in [1.54, 1.807) is 0 Å². The molecule has 0 amide bonds. The van der Waals surface area contributed by atoms with E-state index < -0.39 is 0 Å². The Hall–Kier alpha value is -0.340. The third-order valence-corrected chi connectivity index (χ3v) is 0.991. The molecule has 0 aliphatic rings. The molecule has 0 aliphatic carbocycles. The van der Waals surface area contributed by atoms with Gasteiger partial charge in [-0.15, -0.1) is 0 Å². The quantitative estimate of drug-likeness (QED) is 0.516. The monoisotopic (exact) mass is 114 g/mol. The van der Waals surface area contributed by atoms with E-state index in [0.29, 0.717) is 6.54 Å². The van der Waals surface area contributed by atoms with E-state index in [0.717, 1.165) is 6.42 Å².